The molecule has 0 spiro atoms. The summed E-state index contributed by atoms with van der Waals surface area (Å²) in [5.74, 6) is 0.491. The van der Waals surface area contributed by atoms with Gasteiger partial charge < -0.3 is 18.6 Å². The van der Waals surface area contributed by atoms with E-state index >= 15 is 0 Å². The lowest BCUT2D eigenvalue weighted by Crippen LogP contribution is -2.15. The molecule has 1 aliphatic carbocycles. The molecule has 0 saturated heterocycles. The van der Waals surface area contributed by atoms with E-state index in [-0.39, 0.29) is 13.2 Å². The maximum Gasteiger partial charge on any atom is 0.344 e. The van der Waals surface area contributed by atoms with Gasteiger partial charge in [0.15, 0.2) is 18.1 Å². The minimum atomic E-state index is -0.532. The molecule has 1 aliphatic rings. The van der Waals surface area contributed by atoms with Crippen molar-refractivity contribution in [2.24, 2.45) is 0 Å². The number of methoxy groups -OCH3 is 1. The second kappa shape index (κ2) is 7.99. The highest BCUT2D eigenvalue weighted by atomic mass is 16.6. The van der Waals surface area contributed by atoms with Crippen LogP contribution < -0.4 is 15.1 Å². The summed E-state index contributed by atoms with van der Waals surface area (Å²) in [5.41, 5.74) is 4.21. The molecule has 6 nitrogen and oxygen atoms in total. The Morgan fingerprint density at radius 3 is 2.66 bits per heavy atom. The van der Waals surface area contributed by atoms with E-state index in [1.165, 1.54) is 17.2 Å². The molecular weight excluding hydrogens is 372 g/mol. The van der Waals surface area contributed by atoms with E-state index < -0.39 is 11.6 Å². The van der Waals surface area contributed by atoms with Crippen LogP contribution in [0.1, 0.15) is 28.7 Å². The third-order valence-electron chi connectivity index (χ3n) is 5.10. The molecule has 3 aromatic rings. The Morgan fingerprint density at radius 1 is 1.07 bits per heavy atom. The molecule has 0 N–H and O–H groups in total. The van der Waals surface area contributed by atoms with Gasteiger partial charge in [-0.05, 0) is 67.1 Å². The highest BCUT2D eigenvalue weighted by Crippen LogP contribution is 2.29. The molecule has 6 heteroatoms. The standard InChI is InChI=1S/C23H22O6/c1-14-6-7-19(21(8-14)26-2)27-13-23(25)28-12-17-11-22(24)29-20-10-16-5-3-4-15(16)9-18(17)20/h6-11H,3-5,12-13H2,1-2H3. The Bertz CT molecular complexity index is 1130. The zero-order valence-electron chi connectivity index (χ0n) is 16.4. The summed E-state index contributed by atoms with van der Waals surface area (Å²) in [4.78, 5) is 24.1. The monoisotopic (exact) mass is 394 g/mol. The predicted molar refractivity (Wildman–Crippen MR) is 108 cm³/mol. The van der Waals surface area contributed by atoms with Crippen molar-refractivity contribution in [2.75, 3.05) is 13.7 Å². The third kappa shape index (κ3) is 4.11. The van der Waals surface area contributed by atoms with Crippen LogP contribution in [-0.4, -0.2) is 19.7 Å². The highest BCUT2D eigenvalue weighted by molar-refractivity contribution is 5.82. The maximum atomic E-state index is 12.2. The van der Waals surface area contributed by atoms with Gasteiger partial charge in [0.05, 0.1) is 7.11 Å². The number of fused-ring (bicyclic) bond motifs is 2. The fraction of sp³-hybridized carbons (Fsp3) is 0.304. The number of esters is 1. The number of ether oxygens (including phenoxy) is 3. The lowest BCUT2D eigenvalue weighted by molar-refractivity contribution is -0.147. The van der Waals surface area contributed by atoms with Gasteiger partial charge in [0.1, 0.15) is 12.2 Å². The first kappa shape index (κ1) is 19.1. The molecule has 150 valence electrons. The summed E-state index contributed by atoms with van der Waals surface area (Å²) in [6, 6.07) is 10.8. The molecule has 0 unspecified atom stereocenters. The molecule has 2 aromatic carbocycles. The second-order valence-corrected chi connectivity index (χ2v) is 7.16. The zero-order chi connectivity index (χ0) is 20.4. The van der Waals surface area contributed by atoms with E-state index in [0.29, 0.717) is 22.6 Å². The van der Waals surface area contributed by atoms with Crippen LogP contribution in [0, 0.1) is 6.92 Å². The Labute approximate surface area is 168 Å². The molecule has 0 amide bonds. The molecule has 1 heterocycles. The number of hydrogen-bond donors (Lipinski definition) is 0. The summed E-state index contributed by atoms with van der Waals surface area (Å²) in [6.45, 7) is 1.67. The topological polar surface area (TPSA) is 75.0 Å². The quantitative estimate of drug-likeness (QED) is 0.469. The summed E-state index contributed by atoms with van der Waals surface area (Å²) < 4.78 is 21.5. The van der Waals surface area contributed by atoms with Gasteiger partial charge in [-0.25, -0.2) is 9.59 Å². The summed E-state index contributed by atoms with van der Waals surface area (Å²) >= 11 is 0. The summed E-state index contributed by atoms with van der Waals surface area (Å²) in [6.07, 6.45) is 3.10. The number of hydrogen-bond acceptors (Lipinski definition) is 6. The Hall–Kier alpha value is -3.28. The molecule has 0 aliphatic heterocycles. The Kier molecular flexibility index (Phi) is 5.25. The fourth-order valence-electron chi connectivity index (χ4n) is 3.64. The van der Waals surface area contributed by atoms with Crippen LogP contribution in [0.2, 0.25) is 0 Å². The van der Waals surface area contributed by atoms with Crippen LogP contribution >= 0.6 is 0 Å². The van der Waals surface area contributed by atoms with Crippen molar-refractivity contribution >= 4 is 16.9 Å². The van der Waals surface area contributed by atoms with Gasteiger partial charge in [-0.2, -0.15) is 0 Å². The molecule has 0 fully saturated rings. The average Bonchev–Trinajstić information content (AvgIpc) is 3.16. The van der Waals surface area contributed by atoms with Crippen molar-refractivity contribution in [3.63, 3.8) is 0 Å². The molecule has 4 rings (SSSR count). The number of carbonyl (C=O) groups is 1. The first-order chi connectivity index (χ1) is 14.0. The largest absolute Gasteiger partial charge is 0.493 e. The first-order valence-electron chi connectivity index (χ1n) is 9.55. The van der Waals surface area contributed by atoms with E-state index in [2.05, 4.69) is 0 Å². The van der Waals surface area contributed by atoms with E-state index in [9.17, 15) is 9.59 Å². The van der Waals surface area contributed by atoms with Gasteiger partial charge in [0.2, 0.25) is 0 Å². The Morgan fingerprint density at radius 2 is 1.86 bits per heavy atom. The van der Waals surface area contributed by atoms with Crippen LogP contribution in [0.4, 0.5) is 0 Å². The minimum absolute atomic E-state index is 0.0197. The lowest BCUT2D eigenvalue weighted by atomic mass is 10.0. The van der Waals surface area contributed by atoms with Crippen LogP contribution in [-0.2, 0) is 29.0 Å². The second-order valence-electron chi connectivity index (χ2n) is 7.16. The lowest BCUT2D eigenvalue weighted by Gasteiger charge is -2.12. The molecule has 0 radical (unpaired) electrons. The van der Waals surface area contributed by atoms with Gasteiger partial charge in [0.25, 0.3) is 0 Å². The van der Waals surface area contributed by atoms with Crippen LogP contribution in [0.15, 0.2) is 45.6 Å². The number of aryl methyl sites for hydroxylation is 3. The van der Waals surface area contributed by atoms with E-state index in [0.717, 1.165) is 30.2 Å². The van der Waals surface area contributed by atoms with Crippen molar-refractivity contribution in [3.8, 4) is 11.5 Å². The van der Waals surface area contributed by atoms with Gasteiger partial charge >= 0.3 is 11.6 Å². The van der Waals surface area contributed by atoms with E-state index in [1.807, 2.05) is 31.2 Å². The SMILES string of the molecule is COc1cc(C)ccc1OCC(=O)OCc1cc(=O)oc2cc3c(cc12)CCC3. The Balaban J connectivity index is 1.46. The van der Waals surface area contributed by atoms with Crippen molar-refractivity contribution < 1.29 is 23.4 Å². The predicted octanol–water partition coefficient (Wildman–Crippen LogP) is 3.72. The van der Waals surface area contributed by atoms with E-state index in [4.69, 9.17) is 18.6 Å². The molecular formula is C23H22O6. The van der Waals surface area contributed by atoms with Crippen LogP contribution in [0.5, 0.6) is 11.5 Å². The molecule has 0 bridgehead atoms. The van der Waals surface area contributed by atoms with Gasteiger partial charge in [0, 0.05) is 17.0 Å². The van der Waals surface area contributed by atoms with Crippen LogP contribution in [0.3, 0.4) is 0 Å². The highest BCUT2D eigenvalue weighted by Gasteiger charge is 2.16. The zero-order valence-corrected chi connectivity index (χ0v) is 16.4. The number of benzene rings is 2. The first-order valence-corrected chi connectivity index (χ1v) is 9.55. The van der Waals surface area contributed by atoms with Gasteiger partial charge in [-0.15, -0.1) is 0 Å². The molecule has 0 atom stereocenters. The number of rotatable bonds is 6. The maximum absolute atomic E-state index is 12.2. The average molecular weight is 394 g/mol. The normalized spacial score (nSPS) is 12.6. The molecule has 0 saturated carbocycles. The number of carbonyl (C=O) groups excluding carboxylic acids is 1. The van der Waals surface area contributed by atoms with Crippen molar-refractivity contribution in [1.82, 2.24) is 0 Å². The minimum Gasteiger partial charge on any atom is -0.493 e. The van der Waals surface area contributed by atoms with Gasteiger partial charge in [-0.1, -0.05) is 6.07 Å². The van der Waals surface area contributed by atoms with Crippen molar-refractivity contribution in [1.29, 1.82) is 0 Å². The smallest absolute Gasteiger partial charge is 0.344 e. The van der Waals surface area contributed by atoms with Crippen LogP contribution in [0.25, 0.3) is 11.0 Å². The molecule has 1 aromatic heterocycles. The van der Waals surface area contributed by atoms with Crippen molar-refractivity contribution in [2.45, 2.75) is 32.8 Å². The summed E-state index contributed by atoms with van der Waals surface area (Å²) in [5, 5.41) is 0.805. The summed E-state index contributed by atoms with van der Waals surface area (Å²) in [7, 11) is 1.54. The third-order valence-corrected chi connectivity index (χ3v) is 5.10. The van der Waals surface area contributed by atoms with Crippen molar-refractivity contribution in [3.05, 3.63) is 69.1 Å². The molecule has 29 heavy (non-hydrogen) atoms. The van der Waals surface area contributed by atoms with Gasteiger partial charge in [-0.3, -0.25) is 0 Å². The van der Waals surface area contributed by atoms with E-state index in [1.54, 1.807) is 13.2 Å². The fourth-order valence-corrected chi connectivity index (χ4v) is 3.64.